The van der Waals surface area contributed by atoms with Crippen LogP contribution >= 0.6 is 11.6 Å². The molecule has 0 bridgehead atoms. The molecule has 65 heavy (non-hydrogen) atoms. The molecular formula is C34H24ClN9Na4O13S4. The number of fused-ring (bicyclic) bond motifs is 1. The number of anilines is 4. The number of ether oxygens (including phenoxy) is 1. The van der Waals surface area contributed by atoms with Crippen molar-refractivity contribution in [3.8, 4) is 5.75 Å². The number of aromatic nitrogens is 3. The molecule has 5 aromatic carbocycles. The zero-order valence-electron chi connectivity index (χ0n) is 34.8. The minimum Gasteiger partial charge on any atom is -0.747 e. The molecule has 0 aliphatic heterocycles. The summed E-state index contributed by atoms with van der Waals surface area (Å²) in [4.78, 5) is 10.9. The Kier molecular flexibility index (Phi) is 21.8. The summed E-state index contributed by atoms with van der Waals surface area (Å²) in [5, 5.41) is 19.0. The first-order valence-electron chi connectivity index (χ1n) is 16.6. The number of hydrogen-bond donors (Lipinski definition) is 1. The molecule has 0 radical (unpaired) electrons. The van der Waals surface area contributed by atoms with Gasteiger partial charge in [0.25, 0.3) is 0 Å². The summed E-state index contributed by atoms with van der Waals surface area (Å²) >= 11 is 6.20. The van der Waals surface area contributed by atoms with Crippen LogP contribution in [-0.2, 0) is 40.5 Å². The molecule has 0 unspecified atom stereocenters. The van der Waals surface area contributed by atoms with Gasteiger partial charge in [-0.1, -0.05) is 24.3 Å². The molecule has 1 N–H and O–H groups in total. The van der Waals surface area contributed by atoms with E-state index < -0.39 is 72.0 Å². The van der Waals surface area contributed by atoms with Gasteiger partial charge in [-0.15, -0.1) is 15.3 Å². The van der Waals surface area contributed by atoms with Crippen LogP contribution in [-0.4, -0.2) is 79.8 Å². The van der Waals surface area contributed by atoms with Crippen molar-refractivity contribution in [2.45, 2.75) is 21.6 Å². The van der Waals surface area contributed by atoms with Gasteiger partial charge in [0.05, 0.1) is 33.2 Å². The molecule has 0 saturated heterocycles. The maximum Gasteiger partial charge on any atom is 1.00 e. The molecule has 0 fully saturated rings. The number of azo groups is 2. The zero-order valence-corrected chi connectivity index (χ0v) is 46.8. The van der Waals surface area contributed by atoms with Gasteiger partial charge < -0.3 is 28.3 Å². The first-order chi connectivity index (χ1) is 28.5. The SMILES string of the molecule is COc1cc(N=Nc2cc(S(=O)(=O)[O-])ccc2S(=O)(=O)[O-])c(C)cc1N=Nc1ccc(Nc2nc(Cl)nc(N(CS(=O)(=O)[O-])c3ccccc3)n2)c2ccc(S(=O)(=O)[O-])cc12.[Na+].[Na+].[Na+].[Na+]. The number of rotatable bonds is 14. The summed E-state index contributed by atoms with van der Waals surface area (Å²) < 4.78 is 147. The van der Waals surface area contributed by atoms with Gasteiger partial charge in [0.15, 0.2) is 0 Å². The minimum atomic E-state index is -5.18. The summed E-state index contributed by atoms with van der Waals surface area (Å²) in [6, 6.07) is 18.6. The molecule has 318 valence electrons. The third-order valence-corrected chi connectivity index (χ3v) is 11.5. The van der Waals surface area contributed by atoms with Crippen LogP contribution < -0.4 is 133 Å². The molecule has 1 heterocycles. The largest absolute Gasteiger partial charge is 1.00 e. The van der Waals surface area contributed by atoms with Gasteiger partial charge in [0.2, 0.25) is 17.2 Å². The Morgan fingerprint density at radius 1 is 0.631 bits per heavy atom. The van der Waals surface area contributed by atoms with Crippen LogP contribution in [0.1, 0.15) is 5.56 Å². The van der Waals surface area contributed by atoms with E-state index in [2.05, 4.69) is 40.7 Å². The summed E-state index contributed by atoms with van der Waals surface area (Å²) in [6.07, 6.45) is 0. The Labute approximate surface area is 465 Å². The summed E-state index contributed by atoms with van der Waals surface area (Å²) in [7, 11) is -18.8. The van der Waals surface area contributed by atoms with E-state index in [1.165, 1.54) is 56.5 Å². The molecule has 6 rings (SSSR count). The van der Waals surface area contributed by atoms with E-state index in [4.69, 9.17) is 16.3 Å². The fraction of sp³-hybridized carbons (Fsp3) is 0.0882. The van der Waals surface area contributed by atoms with Gasteiger partial charge in [0, 0.05) is 28.2 Å². The number of nitrogens with zero attached hydrogens (tertiary/aromatic N) is 8. The van der Waals surface area contributed by atoms with Gasteiger partial charge in [-0.05, 0) is 84.8 Å². The molecule has 6 aromatic rings. The smallest absolute Gasteiger partial charge is 0.747 e. The summed E-state index contributed by atoms with van der Waals surface area (Å²) in [6.45, 7) is 1.52. The van der Waals surface area contributed by atoms with Crippen LogP contribution in [0.3, 0.4) is 0 Å². The van der Waals surface area contributed by atoms with Crippen molar-refractivity contribution in [2.24, 2.45) is 20.5 Å². The fourth-order valence-electron chi connectivity index (χ4n) is 5.48. The maximum absolute atomic E-state index is 12.1. The number of aryl methyl sites for hydroxylation is 1. The number of benzene rings is 5. The van der Waals surface area contributed by atoms with Gasteiger partial charge in [-0.3, -0.25) is 4.90 Å². The van der Waals surface area contributed by atoms with E-state index in [1.807, 2.05) is 0 Å². The second-order valence-electron chi connectivity index (χ2n) is 12.3. The van der Waals surface area contributed by atoms with Gasteiger partial charge in [-0.25, -0.2) is 33.7 Å². The van der Waals surface area contributed by atoms with Crippen LogP contribution in [0.5, 0.6) is 5.75 Å². The second kappa shape index (κ2) is 24.0. The zero-order chi connectivity index (χ0) is 44.5. The van der Waals surface area contributed by atoms with Gasteiger partial charge in [-0.2, -0.15) is 20.1 Å². The number of hydrogen-bond acceptors (Lipinski definition) is 22. The molecule has 22 nitrogen and oxygen atoms in total. The average molecular weight is 1020 g/mol. The topological polar surface area (TPSA) is 341 Å². The van der Waals surface area contributed by atoms with Crippen molar-refractivity contribution in [1.82, 2.24) is 15.0 Å². The van der Waals surface area contributed by atoms with Crippen LogP contribution in [0.2, 0.25) is 5.28 Å². The van der Waals surface area contributed by atoms with E-state index in [1.54, 1.807) is 18.2 Å². The van der Waals surface area contributed by atoms with Crippen LogP contribution in [0, 0.1) is 6.92 Å². The Morgan fingerprint density at radius 3 is 1.82 bits per heavy atom. The number of methoxy groups -OCH3 is 1. The molecule has 1 aromatic heterocycles. The van der Waals surface area contributed by atoms with Crippen molar-refractivity contribution >= 4 is 109 Å². The van der Waals surface area contributed by atoms with Crippen LogP contribution in [0.25, 0.3) is 10.8 Å². The standard InChI is InChI=1S/C34H28ClN9O13S4.4Na/c1-19-14-28(30(57-2)17-27(19)41-43-29-16-22(60(51,52)53)9-13-31(29)61(54,55)56)42-40-26-12-11-25(23-10-8-21(15-24(23)26)59(48,49)50)36-33-37-32(35)38-34(39-33)44(18-58(45,46)47)20-6-4-3-5-7-20;;;;/h3-17H,18H2,1-2H3,(H,45,46,47)(H,48,49,50)(H,51,52,53)(H,54,55,56)(H,36,37,38,39);;;;/q;4*+1/p-4. The molecule has 0 spiro atoms. The maximum atomic E-state index is 12.1. The normalized spacial score (nSPS) is 11.9. The predicted octanol–water partition coefficient (Wildman–Crippen LogP) is -6.06. The Morgan fingerprint density at radius 2 is 1.22 bits per heavy atom. The Bertz CT molecular complexity index is 3260. The fourth-order valence-corrected chi connectivity index (χ4v) is 7.80. The quantitative estimate of drug-likeness (QED) is 0.0603. The monoisotopic (exact) mass is 1020 g/mol. The van der Waals surface area contributed by atoms with Crippen molar-refractivity contribution in [3.05, 3.63) is 102 Å². The molecule has 0 aliphatic carbocycles. The first-order valence-corrected chi connectivity index (χ1v) is 22.7. The van der Waals surface area contributed by atoms with Crippen molar-refractivity contribution < 1.29 is 175 Å². The van der Waals surface area contributed by atoms with Crippen molar-refractivity contribution in [3.63, 3.8) is 0 Å². The van der Waals surface area contributed by atoms with Crippen molar-refractivity contribution in [2.75, 3.05) is 23.2 Å². The van der Waals surface area contributed by atoms with Crippen molar-refractivity contribution in [1.29, 1.82) is 0 Å². The first kappa shape index (κ1) is 59.0. The van der Waals surface area contributed by atoms with Gasteiger partial charge >= 0.3 is 118 Å². The molecule has 0 saturated carbocycles. The third kappa shape index (κ3) is 15.4. The predicted molar refractivity (Wildman–Crippen MR) is 212 cm³/mol. The van der Waals surface area contributed by atoms with E-state index >= 15 is 0 Å². The number of halogens is 1. The van der Waals surface area contributed by atoms with E-state index in [-0.39, 0.29) is 175 Å². The third-order valence-electron chi connectivity index (χ3n) is 8.21. The second-order valence-corrected chi connectivity index (χ2v) is 18.2. The summed E-state index contributed by atoms with van der Waals surface area (Å²) in [5.74, 6) is -1.60. The van der Waals surface area contributed by atoms with Crippen LogP contribution in [0.4, 0.5) is 46.0 Å². The van der Waals surface area contributed by atoms with E-state index in [9.17, 15) is 51.9 Å². The Balaban J connectivity index is 0.00000363. The molecule has 0 aliphatic rings. The molecule has 0 atom stereocenters. The van der Waals surface area contributed by atoms with E-state index in [0.717, 1.165) is 17.0 Å². The van der Waals surface area contributed by atoms with E-state index in [0.29, 0.717) is 23.8 Å². The van der Waals surface area contributed by atoms with Gasteiger partial charge in [0.1, 0.15) is 63.5 Å². The van der Waals surface area contributed by atoms with Crippen LogP contribution in [0.15, 0.2) is 126 Å². The number of para-hydroxylation sites is 1. The summed E-state index contributed by atoms with van der Waals surface area (Å²) in [5.41, 5.74) is 0.154. The Hall–Kier alpha value is -2.10. The minimum absolute atomic E-state index is 0. The average Bonchev–Trinajstić information content (AvgIpc) is 3.17. The molecule has 0 amide bonds. The molecule has 31 heteroatoms. The molecular weight excluding hydrogens is 998 g/mol. The number of nitrogens with one attached hydrogen (secondary N) is 1.